The molecule has 7 nitrogen and oxygen atoms in total. The summed E-state index contributed by atoms with van der Waals surface area (Å²) >= 11 is 5.91. The second-order valence-electron chi connectivity index (χ2n) is 9.12. The lowest BCUT2D eigenvalue weighted by Crippen LogP contribution is -2.29. The maximum atomic E-state index is 5.91. The number of ether oxygens (including phenoxy) is 3. The Hall–Kier alpha value is -4.04. The number of anilines is 1. The van der Waals surface area contributed by atoms with Gasteiger partial charge in [-0.25, -0.2) is 0 Å². The Kier molecular flexibility index (Phi) is 5.96. The van der Waals surface area contributed by atoms with Crippen molar-refractivity contribution in [2.75, 3.05) is 18.3 Å². The van der Waals surface area contributed by atoms with Crippen LogP contribution in [0.3, 0.4) is 0 Å². The van der Waals surface area contributed by atoms with E-state index < -0.39 is 0 Å². The maximum absolute atomic E-state index is 5.91. The molecule has 1 saturated heterocycles. The highest BCUT2D eigenvalue weighted by molar-refractivity contribution is 7.80. The molecule has 0 aliphatic carbocycles. The molecule has 8 heteroatoms. The van der Waals surface area contributed by atoms with Gasteiger partial charge in [-0.15, -0.1) is 0 Å². The first-order chi connectivity index (χ1) is 18.0. The molecule has 37 heavy (non-hydrogen) atoms. The van der Waals surface area contributed by atoms with Crippen LogP contribution in [-0.2, 0) is 0 Å². The standard InChI is InChI=1S/C29H28N4O3S/c1-4-34-22-11-8-20(9-12-22)33-28(27(31-29(33)37)24-7-5-6-14-30-24)23-15-18(2)32(19(23)3)21-10-13-25-26(16-21)36-17-35-25/h5-16,27-28H,4,17H2,1-3H3,(H,31,37)/t27-,28+/m1/s1. The number of pyridine rings is 1. The highest BCUT2D eigenvalue weighted by atomic mass is 32.1. The number of aromatic nitrogens is 2. The molecule has 0 amide bonds. The Morgan fingerprint density at radius 2 is 1.78 bits per heavy atom. The van der Waals surface area contributed by atoms with Crippen LogP contribution >= 0.6 is 12.2 Å². The van der Waals surface area contributed by atoms with Gasteiger partial charge in [0, 0.05) is 35.0 Å². The van der Waals surface area contributed by atoms with E-state index >= 15 is 0 Å². The lowest BCUT2D eigenvalue weighted by Gasteiger charge is -2.28. The molecule has 0 bridgehead atoms. The van der Waals surface area contributed by atoms with Crippen molar-refractivity contribution < 1.29 is 14.2 Å². The van der Waals surface area contributed by atoms with Gasteiger partial charge in [-0.05, 0) is 93.1 Å². The van der Waals surface area contributed by atoms with Gasteiger partial charge < -0.3 is 29.0 Å². The molecule has 0 spiro atoms. The summed E-state index contributed by atoms with van der Waals surface area (Å²) in [5, 5.41) is 4.22. The summed E-state index contributed by atoms with van der Waals surface area (Å²) in [4.78, 5) is 6.88. The molecule has 6 rings (SSSR count). The molecule has 0 radical (unpaired) electrons. The minimum Gasteiger partial charge on any atom is -0.494 e. The van der Waals surface area contributed by atoms with E-state index in [2.05, 4.69) is 57.9 Å². The molecule has 188 valence electrons. The lowest BCUT2D eigenvalue weighted by atomic mass is 9.96. The Labute approximate surface area is 221 Å². The third-order valence-electron chi connectivity index (χ3n) is 6.93. The molecule has 0 unspecified atom stereocenters. The summed E-state index contributed by atoms with van der Waals surface area (Å²) in [5.41, 5.74) is 6.39. The molecule has 0 saturated carbocycles. The molecule has 2 atom stereocenters. The summed E-state index contributed by atoms with van der Waals surface area (Å²) in [6.07, 6.45) is 1.83. The van der Waals surface area contributed by atoms with Crippen molar-refractivity contribution in [3.05, 3.63) is 95.6 Å². The number of nitrogens with zero attached hydrogens (tertiary/aromatic N) is 3. The number of rotatable bonds is 6. The van der Waals surface area contributed by atoms with Crippen LogP contribution in [-0.4, -0.2) is 28.1 Å². The van der Waals surface area contributed by atoms with Crippen molar-refractivity contribution >= 4 is 23.0 Å². The third-order valence-corrected chi connectivity index (χ3v) is 7.24. The van der Waals surface area contributed by atoms with Crippen LogP contribution in [0.2, 0.25) is 0 Å². The van der Waals surface area contributed by atoms with Gasteiger partial charge in [0.15, 0.2) is 16.6 Å². The maximum Gasteiger partial charge on any atom is 0.231 e. The fraction of sp³-hybridized carbons (Fsp3) is 0.241. The van der Waals surface area contributed by atoms with Gasteiger partial charge in [0.2, 0.25) is 6.79 Å². The monoisotopic (exact) mass is 512 g/mol. The Morgan fingerprint density at radius 1 is 1.00 bits per heavy atom. The van der Waals surface area contributed by atoms with Gasteiger partial charge in [0.1, 0.15) is 5.75 Å². The van der Waals surface area contributed by atoms with Crippen LogP contribution in [0.4, 0.5) is 5.69 Å². The SMILES string of the molecule is CCOc1ccc(N2C(=S)N[C@H](c3ccccn3)[C@@H]2c2cc(C)n(-c3ccc4c(c3)OCO4)c2C)cc1. The zero-order valence-corrected chi connectivity index (χ0v) is 21.8. The van der Waals surface area contributed by atoms with E-state index in [4.69, 9.17) is 26.4 Å². The number of aryl methyl sites for hydroxylation is 1. The van der Waals surface area contributed by atoms with Crippen LogP contribution in [0.25, 0.3) is 5.69 Å². The fourth-order valence-corrected chi connectivity index (χ4v) is 5.67. The summed E-state index contributed by atoms with van der Waals surface area (Å²) in [6.45, 7) is 7.14. The van der Waals surface area contributed by atoms with Crippen molar-refractivity contribution in [3.8, 4) is 22.9 Å². The van der Waals surface area contributed by atoms with Crippen molar-refractivity contribution in [2.45, 2.75) is 32.9 Å². The minimum atomic E-state index is -0.119. The molecular formula is C29H28N4O3S. The number of thiocarbonyl (C=S) groups is 1. The quantitative estimate of drug-likeness (QED) is 0.328. The highest BCUT2D eigenvalue weighted by Crippen LogP contribution is 2.44. The zero-order valence-electron chi connectivity index (χ0n) is 21.0. The lowest BCUT2D eigenvalue weighted by molar-refractivity contribution is 0.174. The van der Waals surface area contributed by atoms with E-state index in [1.807, 2.05) is 55.6 Å². The summed E-state index contributed by atoms with van der Waals surface area (Å²) in [6, 6.07) is 22.2. The van der Waals surface area contributed by atoms with Crippen LogP contribution in [0.5, 0.6) is 17.2 Å². The number of hydrogen-bond acceptors (Lipinski definition) is 5. The molecule has 2 aromatic carbocycles. The van der Waals surface area contributed by atoms with Crippen molar-refractivity contribution in [1.29, 1.82) is 0 Å². The highest BCUT2D eigenvalue weighted by Gasteiger charge is 2.42. The third kappa shape index (κ3) is 4.07. The predicted molar refractivity (Wildman–Crippen MR) is 147 cm³/mol. The first kappa shape index (κ1) is 23.4. The van der Waals surface area contributed by atoms with E-state index in [0.29, 0.717) is 11.7 Å². The largest absolute Gasteiger partial charge is 0.494 e. The molecule has 1 N–H and O–H groups in total. The van der Waals surface area contributed by atoms with Crippen LogP contribution in [0.1, 0.15) is 41.7 Å². The molecule has 4 aromatic rings. The van der Waals surface area contributed by atoms with E-state index in [1.54, 1.807) is 0 Å². The number of fused-ring (bicyclic) bond motifs is 1. The number of hydrogen-bond donors (Lipinski definition) is 1. The summed E-state index contributed by atoms with van der Waals surface area (Å²) < 4.78 is 19.1. The number of nitrogens with one attached hydrogen (secondary N) is 1. The summed E-state index contributed by atoms with van der Waals surface area (Å²) in [7, 11) is 0. The van der Waals surface area contributed by atoms with Gasteiger partial charge in [0.25, 0.3) is 0 Å². The first-order valence-electron chi connectivity index (χ1n) is 12.4. The van der Waals surface area contributed by atoms with Crippen molar-refractivity contribution in [1.82, 2.24) is 14.9 Å². The van der Waals surface area contributed by atoms with Gasteiger partial charge >= 0.3 is 0 Å². The average molecular weight is 513 g/mol. The smallest absolute Gasteiger partial charge is 0.231 e. The number of benzene rings is 2. The van der Waals surface area contributed by atoms with Crippen LogP contribution in [0.15, 0.2) is 72.9 Å². The second-order valence-corrected chi connectivity index (χ2v) is 9.51. The second kappa shape index (κ2) is 9.44. The molecule has 2 aromatic heterocycles. The minimum absolute atomic E-state index is 0.102. The Morgan fingerprint density at radius 3 is 2.54 bits per heavy atom. The summed E-state index contributed by atoms with van der Waals surface area (Å²) in [5.74, 6) is 2.37. The zero-order chi connectivity index (χ0) is 25.5. The van der Waals surface area contributed by atoms with Crippen LogP contribution < -0.4 is 24.4 Å². The first-order valence-corrected chi connectivity index (χ1v) is 12.8. The Balaban J connectivity index is 1.47. The molecule has 2 aliphatic rings. The van der Waals surface area contributed by atoms with Crippen LogP contribution in [0, 0.1) is 13.8 Å². The van der Waals surface area contributed by atoms with Gasteiger partial charge in [-0.1, -0.05) is 6.07 Å². The molecule has 1 fully saturated rings. The van der Waals surface area contributed by atoms with Gasteiger partial charge in [-0.2, -0.15) is 0 Å². The molecule has 2 aliphatic heterocycles. The van der Waals surface area contributed by atoms with Crippen molar-refractivity contribution in [2.24, 2.45) is 0 Å². The van der Waals surface area contributed by atoms with E-state index in [9.17, 15) is 0 Å². The average Bonchev–Trinajstić information content (AvgIpc) is 3.60. The molecular weight excluding hydrogens is 484 g/mol. The molecule has 4 heterocycles. The van der Waals surface area contributed by atoms with Gasteiger partial charge in [0.05, 0.1) is 24.4 Å². The van der Waals surface area contributed by atoms with E-state index in [-0.39, 0.29) is 18.9 Å². The fourth-order valence-electron chi connectivity index (χ4n) is 5.33. The van der Waals surface area contributed by atoms with Crippen molar-refractivity contribution in [3.63, 3.8) is 0 Å². The van der Waals surface area contributed by atoms with Gasteiger partial charge in [-0.3, -0.25) is 4.98 Å². The normalized spacial score (nSPS) is 18.2. The van der Waals surface area contributed by atoms with E-state index in [1.165, 1.54) is 5.56 Å². The van der Waals surface area contributed by atoms with E-state index in [0.717, 1.165) is 45.7 Å². The predicted octanol–water partition coefficient (Wildman–Crippen LogP) is 5.79. The topological polar surface area (TPSA) is 60.8 Å². The Bertz CT molecular complexity index is 1450.